The fourth-order valence-electron chi connectivity index (χ4n) is 1.30. The standard InChI is InChI=1S/C12H9Cl2NO2/c13-9-5-11(14)12(15-6-9)17-10-3-1-2-8(4-10)7-16/h1-6,16H,7H2. The topological polar surface area (TPSA) is 42.4 Å². The maximum absolute atomic E-state index is 9.00. The van der Waals surface area contributed by atoms with Crippen molar-refractivity contribution in [3.63, 3.8) is 0 Å². The number of rotatable bonds is 3. The van der Waals surface area contributed by atoms with Crippen LogP contribution in [0.1, 0.15) is 5.56 Å². The Hall–Kier alpha value is -1.29. The molecule has 0 spiro atoms. The van der Waals surface area contributed by atoms with Gasteiger partial charge in [0.1, 0.15) is 10.8 Å². The predicted molar refractivity (Wildman–Crippen MR) is 66.7 cm³/mol. The van der Waals surface area contributed by atoms with Crippen molar-refractivity contribution in [1.82, 2.24) is 4.98 Å². The lowest BCUT2D eigenvalue weighted by Gasteiger charge is -2.07. The number of ether oxygens (including phenoxy) is 1. The first-order valence-corrected chi connectivity index (χ1v) is 5.63. The molecule has 0 saturated carbocycles. The van der Waals surface area contributed by atoms with Gasteiger partial charge in [0.2, 0.25) is 5.88 Å². The molecule has 0 radical (unpaired) electrons. The van der Waals surface area contributed by atoms with Gasteiger partial charge in [-0.15, -0.1) is 0 Å². The smallest absolute Gasteiger partial charge is 0.238 e. The number of halogens is 2. The van der Waals surface area contributed by atoms with Crippen LogP contribution in [0.4, 0.5) is 0 Å². The zero-order chi connectivity index (χ0) is 12.3. The second-order valence-corrected chi connectivity index (χ2v) is 4.19. The van der Waals surface area contributed by atoms with E-state index in [-0.39, 0.29) is 12.5 Å². The van der Waals surface area contributed by atoms with E-state index in [1.807, 2.05) is 0 Å². The Labute approximate surface area is 109 Å². The van der Waals surface area contributed by atoms with Crippen molar-refractivity contribution < 1.29 is 9.84 Å². The van der Waals surface area contributed by atoms with E-state index in [9.17, 15) is 0 Å². The van der Waals surface area contributed by atoms with Crippen molar-refractivity contribution in [3.05, 3.63) is 52.1 Å². The number of aliphatic hydroxyl groups excluding tert-OH is 1. The first-order valence-electron chi connectivity index (χ1n) is 4.88. The van der Waals surface area contributed by atoms with E-state index in [4.69, 9.17) is 33.0 Å². The molecule has 0 bridgehead atoms. The number of aromatic nitrogens is 1. The summed E-state index contributed by atoms with van der Waals surface area (Å²) in [4.78, 5) is 3.98. The molecule has 1 N–H and O–H groups in total. The van der Waals surface area contributed by atoms with Crippen LogP contribution in [0.25, 0.3) is 0 Å². The van der Waals surface area contributed by atoms with E-state index >= 15 is 0 Å². The Morgan fingerprint density at radius 3 is 2.76 bits per heavy atom. The minimum absolute atomic E-state index is 0.0427. The van der Waals surface area contributed by atoms with Gasteiger partial charge in [0.15, 0.2) is 0 Å². The van der Waals surface area contributed by atoms with Crippen LogP contribution in [0, 0.1) is 0 Å². The first-order chi connectivity index (χ1) is 8.19. The Morgan fingerprint density at radius 1 is 1.24 bits per heavy atom. The molecule has 0 unspecified atom stereocenters. The molecule has 2 rings (SSSR count). The maximum atomic E-state index is 9.00. The van der Waals surface area contributed by atoms with Gasteiger partial charge in [0.05, 0.1) is 11.6 Å². The number of aliphatic hydroxyl groups is 1. The van der Waals surface area contributed by atoms with Crippen LogP contribution in [0.5, 0.6) is 11.6 Å². The molecule has 0 aliphatic heterocycles. The molecule has 0 atom stereocenters. The lowest BCUT2D eigenvalue weighted by Crippen LogP contribution is -1.90. The molecule has 0 aliphatic carbocycles. The number of nitrogens with zero attached hydrogens (tertiary/aromatic N) is 1. The summed E-state index contributed by atoms with van der Waals surface area (Å²) in [6, 6.07) is 8.61. The highest BCUT2D eigenvalue weighted by Gasteiger charge is 2.06. The Balaban J connectivity index is 2.25. The average Bonchev–Trinajstić information content (AvgIpc) is 2.33. The van der Waals surface area contributed by atoms with Gasteiger partial charge in [-0.1, -0.05) is 35.3 Å². The van der Waals surface area contributed by atoms with Gasteiger partial charge in [-0.2, -0.15) is 0 Å². The van der Waals surface area contributed by atoms with Crippen LogP contribution >= 0.6 is 23.2 Å². The van der Waals surface area contributed by atoms with Gasteiger partial charge in [0.25, 0.3) is 0 Å². The summed E-state index contributed by atoms with van der Waals surface area (Å²) < 4.78 is 5.49. The number of benzene rings is 1. The second-order valence-electron chi connectivity index (χ2n) is 3.35. The molecule has 17 heavy (non-hydrogen) atoms. The lowest BCUT2D eigenvalue weighted by molar-refractivity contribution is 0.281. The zero-order valence-corrected chi connectivity index (χ0v) is 10.2. The van der Waals surface area contributed by atoms with Crippen molar-refractivity contribution in [2.45, 2.75) is 6.61 Å². The summed E-state index contributed by atoms with van der Waals surface area (Å²) in [5.41, 5.74) is 0.757. The number of hydrogen-bond donors (Lipinski definition) is 1. The van der Waals surface area contributed by atoms with Crippen molar-refractivity contribution in [3.8, 4) is 11.6 Å². The molecule has 1 heterocycles. The summed E-state index contributed by atoms with van der Waals surface area (Å²) in [5.74, 6) is 0.847. The average molecular weight is 270 g/mol. The van der Waals surface area contributed by atoms with Crippen LogP contribution in [-0.4, -0.2) is 10.1 Å². The molecule has 88 valence electrons. The Kier molecular flexibility index (Phi) is 3.84. The minimum Gasteiger partial charge on any atom is -0.438 e. The molecule has 0 fully saturated rings. The molecule has 0 amide bonds. The molecular formula is C12H9Cl2NO2. The fourth-order valence-corrected chi connectivity index (χ4v) is 1.71. The summed E-state index contributed by atoms with van der Waals surface area (Å²) in [6.45, 7) is -0.0427. The van der Waals surface area contributed by atoms with Gasteiger partial charge in [-0.3, -0.25) is 0 Å². The normalized spacial score (nSPS) is 10.3. The lowest BCUT2D eigenvalue weighted by atomic mass is 10.2. The summed E-state index contributed by atoms with van der Waals surface area (Å²) >= 11 is 11.7. The summed E-state index contributed by atoms with van der Waals surface area (Å²) in [7, 11) is 0. The van der Waals surface area contributed by atoms with Crippen LogP contribution in [0.15, 0.2) is 36.5 Å². The molecule has 1 aromatic carbocycles. The van der Waals surface area contributed by atoms with Crippen molar-refractivity contribution in [2.24, 2.45) is 0 Å². The van der Waals surface area contributed by atoms with E-state index in [0.717, 1.165) is 5.56 Å². The van der Waals surface area contributed by atoms with Gasteiger partial charge in [-0.25, -0.2) is 4.98 Å². The third kappa shape index (κ3) is 3.09. The first kappa shape index (κ1) is 12.2. The molecule has 0 saturated heterocycles. The minimum atomic E-state index is -0.0427. The van der Waals surface area contributed by atoms with Crippen LogP contribution in [0.2, 0.25) is 10.0 Å². The fraction of sp³-hybridized carbons (Fsp3) is 0.0833. The largest absolute Gasteiger partial charge is 0.438 e. The van der Waals surface area contributed by atoms with Gasteiger partial charge in [-0.05, 0) is 23.8 Å². The van der Waals surface area contributed by atoms with E-state index in [0.29, 0.717) is 15.8 Å². The van der Waals surface area contributed by atoms with E-state index in [1.165, 1.54) is 6.20 Å². The third-order valence-corrected chi connectivity index (χ3v) is 2.55. The highest BCUT2D eigenvalue weighted by atomic mass is 35.5. The highest BCUT2D eigenvalue weighted by Crippen LogP contribution is 2.29. The predicted octanol–water partition coefficient (Wildman–Crippen LogP) is 3.67. The Morgan fingerprint density at radius 2 is 2.06 bits per heavy atom. The van der Waals surface area contributed by atoms with Crippen molar-refractivity contribution >= 4 is 23.2 Å². The monoisotopic (exact) mass is 269 g/mol. The molecule has 5 heteroatoms. The van der Waals surface area contributed by atoms with E-state index in [1.54, 1.807) is 30.3 Å². The van der Waals surface area contributed by atoms with E-state index < -0.39 is 0 Å². The van der Waals surface area contributed by atoms with Crippen LogP contribution in [0.3, 0.4) is 0 Å². The second kappa shape index (κ2) is 5.36. The molecule has 0 aliphatic rings. The van der Waals surface area contributed by atoms with Gasteiger partial charge < -0.3 is 9.84 Å². The summed E-state index contributed by atoms with van der Waals surface area (Å²) in [6.07, 6.45) is 1.46. The van der Waals surface area contributed by atoms with E-state index in [2.05, 4.69) is 4.98 Å². The van der Waals surface area contributed by atoms with Gasteiger partial charge >= 0.3 is 0 Å². The molecule has 1 aromatic heterocycles. The third-order valence-electron chi connectivity index (χ3n) is 2.07. The molecular weight excluding hydrogens is 261 g/mol. The Bertz CT molecular complexity index is 532. The highest BCUT2D eigenvalue weighted by molar-refractivity contribution is 6.35. The van der Waals surface area contributed by atoms with Crippen molar-refractivity contribution in [2.75, 3.05) is 0 Å². The zero-order valence-electron chi connectivity index (χ0n) is 8.73. The van der Waals surface area contributed by atoms with Gasteiger partial charge in [0, 0.05) is 6.20 Å². The van der Waals surface area contributed by atoms with Crippen LogP contribution < -0.4 is 4.74 Å². The number of hydrogen-bond acceptors (Lipinski definition) is 3. The summed E-state index contributed by atoms with van der Waals surface area (Å²) in [5, 5.41) is 9.79. The molecule has 2 aromatic rings. The maximum Gasteiger partial charge on any atom is 0.238 e. The number of pyridine rings is 1. The quantitative estimate of drug-likeness (QED) is 0.925. The molecule has 3 nitrogen and oxygen atoms in total. The van der Waals surface area contributed by atoms with Crippen LogP contribution in [-0.2, 0) is 6.61 Å². The SMILES string of the molecule is OCc1cccc(Oc2ncc(Cl)cc2Cl)c1. The van der Waals surface area contributed by atoms with Crippen molar-refractivity contribution in [1.29, 1.82) is 0 Å².